The molecule has 0 bridgehead atoms. The SMILES string of the molecule is COc1ccc(-c2ccnc(Cc3ccc(NC(=O)NC4CCCC4)cc3)n2)cc1C#N. The molecule has 7 heteroatoms. The third-order valence-electron chi connectivity index (χ3n) is 5.59. The van der Waals surface area contributed by atoms with Crippen LogP contribution in [0.1, 0.15) is 42.6 Å². The fraction of sp³-hybridized carbons (Fsp3) is 0.280. The van der Waals surface area contributed by atoms with E-state index in [1.807, 2.05) is 36.4 Å². The van der Waals surface area contributed by atoms with Crippen LogP contribution in [0.3, 0.4) is 0 Å². The molecular weight excluding hydrogens is 402 g/mol. The van der Waals surface area contributed by atoms with Crippen LogP contribution in [0.15, 0.2) is 54.7 Å². The van der Waals surface area contributed by atoms with Gasteiger partial charge in [-0.3, -0.25) is 0 Å². The van der Waals surface area contributed by atoms with Crippen molar-refractivity contribution >= 4 is 11.7 Å². The summed E-state index contributed by atoms with van der Waals surface area (Å²) in [7, 11) is 1.54. The zero-order chi connectivity index (χ0) is 22.3. The number of amides is 2. The summed E-state index contributed by atoms with van der Waals surface area (Å²) in [5, 5.41) is 15.2. The smallest absolute Gasteiger partial charge is 0.319 e. The van der Waals surface area contributed by atoms with Crippen LogP contribution in [0.25, 0.3) is 11.3 Å². The standard InChI is InChI=1S/C25H25N5O2/c1-32-23-11-8-18(15-19(23)16-26)22-12-13-27-24(30-22)14-17-6-9-21(10-7-17)29-25(31)28-20-4-2-3-5-20/h6-13,15,20H,2-5,14H2,1H3,(H2,28,29,31). The Labute approximate surface area is 187 Å². The number of hydrogen-bond donors (Lipinski definition) is 2. The highest BCUT2D eigenvalue weighted by atomic mass is 16.5. The van der Waals surface area contributed by atoms with Crippen LogP contribution in [0, 0.1) is 11.3 Å². The number of benzene rings is 2. The van der Waals surface area contributed by atoms with Crippen LogP contribution in [0.2, 0.25) is 0 Å². The van der Waals surface area contributed by atoms with E-state index in [1.165, 1.54) is 12.8 Å². The van der Waals surface area contributed by atoms with Gasteiger partial charge in [0.1, 0.15) is 17.6 Å². The number of rotatable bonds is 6. The summed E-state index contributed by atoms with van der Waals surface area (Å²) in [4.78, 5) is 21.2. The van der Waals surface area contributed by atoms with Crippen molar-refractivity contribution < 1.29 is 9.53 Å². The lowest BCUT2D eigenvalue weighted by atomic mass is 10.1. The van der Waals surface area contributed by atoms with Gasteiger partial charge in [-0.15, -0.1) is 0 Å². The number of nitrogens with one attached hydrogen (secondary N) is 2. The molecule has 4 rings (SSSR count). The average molecular weight is 428 g/mol. The highest BCUT2D eigenvalue weighted by Gasteiger charge is 2.17. The Kier molecular flexibility index (Phi) is 6.61. The topological polar surface area (TPSA) is 99.9 Å². The minimum absolute atomic E-state index is 0.156. The summed E-state index contributed by atoms with van der Waals surface area (Å²) in [6, 6.07) is 17.2. The predicted octanol–water partition coefficient (Wildman–Crippen LogP) is 4.68. The number of aromatic nitrogens is 2. The van der Waals surface area contributed by atoms with E-state index < -0.39 is 0 Å². The maximum Gasteiger partial charge on any atom is 0.319 e. The molecular formula is C25H25N5O2. The van der Waals surface area contributed by atoms with Gasteiger partial charge in [0.05, 0.1) is 18.4 Å². The Bertz CT molecular complexity index is 1130. The molecule has 1 aliphatic carbocycles. The fourth-order valence-electron chi connectivity index (χ4n) is 3.91. The van der Waals surface area contributed by atoms with Crippen molar-refractivity contribution in [3.05, 3.63) is 71.7 Å². The molecule has 2 amide bonds. The van der Waals surface area contributed by atoms with Crippen molar-refractivity contribution in [2.45, 2.75) is 38.1 Å². The van der Waals surface area contributed by atoms with Crippen molar-refractivity contribution in [1.29, 1.82) is 5.26 Å². The lowest BCUT2D eigenvalue weighted by molar-refractivity contribution is 0.248. The van der Waals surface area contributed by atoms with Gasteiger partial charge in [-0.25, -0.2) is 14.8 Å². The lowest BCUT2D eigenvalue weighted by Crippen LogP contribution is -2.36. The summed E-state index contributed by atoms with van der Waals surface area (Å²) in [6.07, 6.45) is 6.75. The maximum absolute atomic E-state index is 12.1. The third kappa shape index (κ3) is 5.22. The summed E-state index contributed by atoms with van der Waals surface area (Å²) in [6.45, 7) is 0. The third-order valence-corrected chi connectivity index (χ3v) is 5.59. The first-order valence-corrected chi connectivity index (χ1v) is 10.7. The largest absolute Gasteiger partial charge is 0.495 e. The first kappa shape index (κ1) is 21.3. The quantitative estimate of drug-likeness (QED) is 0.595. The molecule has 0 radical (unpaired) electrons. The number of nitrogens with zero attached hydrogens (tertiary/aromatic N) is 3. The average Bonchev–Trinajstić information content (AvgIpc) is 3.33. The number of anilines is 1. The molecule has 3 aromatic rings. The normalized spacial score (nSPS) is 13.4. The minimum atomic E-state index is -0.156. The van der Waals surface area contributed by atoms with Crippen molar-refractivity contribution in [1.82, 2.24) is 15.3 Å². The zero-order valence-corrected chi connectivity index (χ0v) is 18.0. The fourth-order valence-corrected chi connectivity index (χ4v) is 3.91. The Morgan fingerprint density at radius 3 is 2.66 bits per heavy atom. The summed E-state index contributed by atoms with van der Waals surface area (Å²) in [5.74, 6) is 1.22. The van der Waals surface area contributed by atoms with E-state index in [1.54, 1.807) is 25.4 Å². The monoisotopic (exact) mass is 427 g/mol. The van der Waals surface area contributed by atoms with Crippen molar-refractivity contribution in [3.8, 4) is 23.1 Å². The van der Waals surface area contributed by atoms with Gasteiger partial charge in [0.15, 0.2) is 0 Å². The van der Waals surface area contributed by atoms with Gasteiger partial charge in [-0.2, -0.15) is 5.26 Å². The number of urea groups is 1. The van der Waals surface area contributed by atoms with Crippen LogP contribution < -0.4 is 15.4 Å². The van der Waals surface area contributed by atoms with Crippen LogP contribution in [0.4, 0.5) is 10.5 Å². The molecule has 1 aliphatic rings. The molecule has 0 saturated heterocycles. The minimum Gasteiger partial charge on any atom is -0.495 e. The maximum atomic E-state index is 12.1. The number of carbonyl (C=O) groups is 1. The summed E-state index contributed by atoms with van der Waals surface area (Å²) >= 11 is 0. The van der Waals surface area contributed by atoms with Gasteiger partial charge >= 0.3 is 6.03 Å². The molecule has 0 unspecified atom stereocenters. The highest BCUT2D eigenvalue weighted by molar-refractivity contribution is 5.89. The van der Waals surface area contributed by atoms with Gasteiger partial charge < -0.3 is 15.4 Å². The zero-order valence-electron chi connectivity index (χ0n) is 18.0. The van der Waals surface area contributed by atoms with Crippen molar-refractivity contribution in [3.63, 3.8) is 0 Å². The second kappa shape index (κ2) is 9.92. The van der Waals surface area contributed by atoms with Gasteiger partial charge in [-0.05, 0) is 54.8 Å². The lowest BCUT2D eigenvalue weighted by Gasteiger charge is -2.13. The first-order chi connectivity index (χ1) is 15.6. The Balaban J connectivity index is 1.41. The Hall–Kier alpha value is -3.92. The number of carbonyl (C=O) groups excluding carboxylic acids is 1. The second-order valence-electron chi connectivity index (χ2n) is 7.84. The van der Waals surface area contributed by atoms with Gasteiger partial charge in [0.2, 0.25) is 0 Å². The van der Waals surface area contributed by atoms with Gasteiger partial charge in [-0.1, -0.05) is 25.0 Å². The molecule has 162 valence electrons. The summed E-state index contributed by atoms with van der Waals surface area (Å²) < 4.78 is 5.21. The van der Waals surface area contributed by atoms with Crippen LogP contribution in [-0.4, -0.2) is 29.2 Å². The second-order valence-corrected chi connectivity index (χ2v) is 7.84. The molecule has 1 heterocycles. The molecule has 0 atom stereocenters. The Morgan fingerprint density at radius 1 is 1.16 bits per heavy atom. The van der Waals surface area contributed by atoms with Gasteiger partial charge in [0, 0.05) is 29.9 Å². The van der Waals surface area contributed by atoms with Crippen molar-refractivity contribution in [2.75, 3.05) is 12.4 Å². The van der Waals surface area contributed by atoms with E-state index in [4.69, 9.17) is 4.74 Å². The molecule has 2 N–H and O–H groups in total. The van der Waals surface area contributed by atoms with E-state index in [0.29, 0.717) is 23.6 Å². The van der Waals surface area contributed by atoms with Crippen molar-refractivity contribution in [2.24, 2.45) is 0 Å². The number of hydrogen-bond acceptors (Lipinski definition) is 5. The van der Waals surface area contributed by atoms with Crippen LogP contribution in [-0.2, 0) is 6.42 Å². The van der Waals surface area contributed by atoms with E-state index in [0.717, 1.165) is 35.3 Å². The Morgan fingerprint density at radius 2 is 1.94 bits per heavy atom. The molecule has 1 aromatic heterocycles. The first-order valence-electron chi connectivity index (χ1n) is 10.7. The number of ether oxygens (including phenoxy) is 1. The molecule has 1 fully saturated rings. The van der Waals surface area contributed by atoms with Gasteiger partial charge in [0.25, 0.3) is 0 Å². The molecule has 32 heavy (non-hydrogen) atoms. The van der Waals surface area contributed by atoms with E-state index in [2.05, 4.69) is 26.7 Å². The predicted molar refractivity (Wildman–Crippen MR) is 122 cm³/mol. The number of nitriles is 1. The van der Waals surface area contributed by atoms with E-state index >= 15 is 0 Å². The van der Waals surface area contributed by atoms with Crippen LogP contribution >= 0.6 is 0 Å². The number of methoxy groups -OCH3 is 1. The molecule has 0 aliphatic heterocycles. The molecule has 1 saturated carbocycles. The van der Waals surface area contributed by atoms with Crippen LogP contribution in [0.5, 0.6) is 5.75 Å². The molecule has 0 spiro atoms. The molecule has 7 nitrogen and oxygen atoms in total. The molecule has 2 aromatic carbocycles. The van der Waals surface area contributed by atoms with E-state index in [9.17, 15) is 10.1 Å². The highest BCUT2D eigenvalue weighted by Crippen LogP contribution is 2.25. The summed E-state index contributed by atoms with van der Waals surface area (Å²) in [5.41, 5.74) is 3.83. The van der Waals surface area contributed by atoms with E-state index in [-0.39, 0.29) is 12.1 Å².